The van der Waals surface area contributed by atoms with Crippen LogP contribution < -0.4 is 14.8 Å². The first-order chi connectivity index (χ1) is 24.1. The number of amides is 1. The van der Waals surface area contributed by atoms with Gasteiger partial charge in [-0.2, -0.15) is 11.8 Å². The number of hydrogen-bond donors (Lipinski definition) is 3. The lowest BCUT2D eigenvalue weighted by Crippen LogP contribution is -2.29. The summed E-state index contributed by atoms with van der Waals surface area (Å²) in [6.07, 6.45) is 1.21. The molecule has 4 aromatic rings. The van der Waals surface area contributed by atoms with Crippen molar-refractivity contribution in [1.29, 1.82) is 0 Å². The summed E-state index contributed by atoms with van der Waals surface area (Å²) in [5.74, 6) is -0.521. The van der Waals surface area contributed by atoms with Crippen molar-refractivity contribution in [3.63, 3.8) is 0 Å². The molecule has 1 aliphatic heterocycles. The van der Waals surface area contributed by atoms with Crippen LogP contribution in [0.3, 0.4) is 0 Å². The molecule has 1 saturated heterocycles. The average molecular weight is 722 g/mol. The molecule has 2 heterocycles. The Morgan fingerprint density at radius 1 is 1.10 bits per heavy atom. The van der Waals surface area contributed by atoms with Gasteiger partial charge in [0.15, 0.2) is 0 Å². The molecule has 0 radical (unpaired) electrons. The van der Waals surface area contributed by atoms with Crippen LogP contribution in [0.25, 0.3) is 10.9 Å². The van der Waals surface area contributed by atoms with Crippen molar-refractivity contribution >= 4 is 52.1 Å². The van der Waals surface area contributed by atoms with Crippen LogP contribution in [-0.4, -0.2) is 83.8 Å². The van der Waals surface area contributed by atoms with Crippen LogP contribution >= 0.6 is 23.4 Å². The van der Waals surface area contributed by atoms with E-state index in [2.05, 4.69) is 21.3 Å². The molecule has 3 atom stereocenters. The quantitative estimate of drug-likeness (QED) is 0.0711. The first-order valence-electron chi connectivity index (χ1n) is 16.8. The second kappa shape index (κ2) is 17.8. The van der Waals surface area contributed by atoms with Crippen molar-refractivity contribution < 1.29 is 33.7 Å². The van der Waals surface area contributed by atoms with Crippen LogP contribution in [-0.2, 0) is 20.9 Å². The fraction of sp³-hybridized carbons (Fsp3) is 0.395. The number of H-pyrrole nitrogens is 1. The molecular formula is C38H44ClN3O7S. The summed E-state index contributed by atoms with van der Waals surface area (Å²) in [5.41, 5.74) is 3.70. The summed E-state index contributed by atoms with van der Waals surface area (Å²) in [6, 6.07) is 19.7. The lowest BCUT2D eigenvalue weighted by molar-refractivity contribution is -0.140. The summed E-state index contributed by atoms with van der Waals surface area (Å²) in [7, 11) is 1.58. The number of carbonyl (C=O) groups excluding carboxylic acids is 3. The number of likely N-dealkylation sites (tertiary alicyclic amines) is 1. The van der Waals surface area contributed by atoms with Crippen molar-refractivity contribution in [2.24, 2.45) is 5.92 Å². The molecule has 3 aromatic carbocycles. The van der Waals surface area contributed by atoms with Gasteiger partial charge in [-0.3, -0.25) is 14.5 Å². The number of thioether (sulfide) groups is 1. The van der Waals surface area contributed by atoms with Crippen LogP contribution in [0.2, 0.25) is 5.02 Å². The second-order valence-electron chi connectivity index (χ2n) is 12.6. The molecule has 5 rings (SSSR count). The van der Waals surface area contributed by atoms with Crippen LogP contribution in [0.15, 0.2) is 66.7 Å². The molecule has 3 unspecified atom stereocenters. The predicted octanol–water partition coefficient (Wildman–Crippen LogP) is 6.13. The van der Waals surface area contributed by atoms with Gasteiger partial charge in [-0.1, -0.05) is 30.7 Å². The molecular weight excluding hydrogens is 678 g/mol. The van der Waals surface area contributed by atoms with E-state index in [4.69, 9.17) is 25.8 Å². The minimum absolute atomic E-state index is 0.109. The third-order valence-corrected chi connectivity index (χ3v) is 10.2. The lowest BCUT2D eigenvalue weighted by atomic mass is 9.86. The number of hydrogen-bond acceptors (Lipinski definition) is 9. The maximum Gasteiger partial charge on any atom is 0.345 e. The Morgan fingerprint density at radius 3 is 2.64 bits per heavy atom. The summed E-state index contributed by atoms with van der Waals surface area (Å²) in [6.45, 7) is 7.10. The molecule has 0 saturated carbocycles. The maximum atomic E-state index is 13.8. The number of methoxy groups -OCH3 is 1. The molecule has 50 heavy (non-hydrogen) atoms. The molecule has 3 N–H and O–H groups in total. The Hall–Kier alpha value is -4.03. The number of nitrogens with one attached hydrogen (secondary N) is 2. The SMILES string of the molecule is COc1ccc2[nH]c(C)c(C(C(=O)OC(=O)c3ccc(Cl)cc3)C(C)CSCC(=O)NCCCOc3cccc(CN4CCC(O)C4)c3)c2c1. The molecule has 1 amide bonds. The Bertz CT molecular complexity index is 1780. The molecule has 10 nitrogen and oxygen atoms in total. The predicted molar refractivity (Wildman–Crippen MR) is 196 cm³/mol. The maximum absolute atomic E-state index is 13.8. The Morgan fingerprint density at radius 2 is 1.90 bits per heavy atom. The average Bonchev–Trinajstić information content (AvgIpc) is 3.65. The zero-order valence-corrected chi connectivity index (χ0v) is 30.1. The fourth-order valence-electron chi connectivity index (χ4n) is 6.21. The highest BCUT2D eigenvalue weighted by atomic mass is 35.5. The first kappa shape index (κ1) is 37.2. The lowest BCUT2D eigenvalue weighted by Gasteiger charge is -2.23. The number of ether oxygens (including phenoxy) is 3. The number of carbonyl (C=O) groups is 3. The standard InChI is InChI=1S/C38H44ClN3O7S/c1-24(22-50-23-34(44)40-15-5-17-48-31-7-4-6-26(18-31)20-42-16-14-29(43)21-42)35(38(46)49-37(45)27-8-10-28(39)11-9-27)36-25(2)41-33-13-12-30(47-3)19-32(33)36/h4,6-13,18-19,24,29,35,41,43H,5,14-17,20-23H2,1-3H3,(H,40,44). The number of β-amino-alcohol motifs (C(OH)–C–C–N with tert-alkyl or cyclic N) is 1. The number of benzene rings is 3. The van der Waals surface area contributed by atoms with Crippen molar-refractivity contribution in [3.05, 3.63) is 94.1 Å². The van der Waals surface area contributed by atoms with E-state index >= 15 is 0 Å². The Labute approximate surface area is 301 Å². The third kappa shape index (κ3) is 10.0. The van der Waals surface area contributed by atoms with Gasteiger partial charge >= 0.3 is 11.9 Å². The summed E-state index contributed by atoms with van der Waals surface area (Å²) >= 11 is 7.39. The summed E-state index contributed by atoms with van der Waals surface area (Å²) < 4.78 is 16.8. The zero-order valence-electron chi connectivity index (χ0n) is 28.6. The van der Waals surface area contributed by atoms with E-state index in [0.717, 1.165) is 53.0 Å². The van der Waals surface area contributed by atoms with E-state index < -0.39 is 17.9 Å². The molecule has 1 aliphatic rings. The number of esters is 2. The van der Waals surface area contributed by atoms with E-state index in [1.54, 1.807) is 19.2 Å². The monoisotopic (exact) mass is 721 g/mol. The molecule has 1 aromatic heterocycles. The highest BCUT2D eigenvalue weighted by Gasteiger charge is 2.34. The topological polar surface area (TPSA) is 130 Å². The molecule has 0 spiro atoms. The van der Waals surface area contributed by atoms with Gasteiger partial charge < -0.3 is 29.6 Å². The third-order valence-electron chi connectivity index (χ3n) is 8.73. The summed E-state index contributed by atoms with van der Waals surface area (Å²) in [4.78, 5) is 45.0. The van der Waals surface area contributed by atoms with Gasteiger partial charge in [0.2, 0.25) is 5.91 Å². The highest BCUT2D eigenvalue weighted by Crippen LogP contribution is 2.38. The zero-order chi connectivity index (χ0) is 35.6. The number of aliphatic hydroxyl groups excluding tert-OH is 1. The van der Waals surface area contributed by atoms with E-state index in [1.165, 1.54) is 23.9 Å². The summed E-state index contributed by atoms with van der Waals surface area (Å²) in [5, 5.41) is 14.0. The van der Waals surface area contributed by atoms with Gasteiger partial charge in [0.1, 0.15) is 11.5 Å². The fourth-order valence-corrected chi connectivity index (χ4v) is 7.31. The van der Waals surface area contributed by atoms with Crippen LogP contribution in [0.5, 0.6) is 11.5 Å². The first-order valence-corrected chi connectivity index (χ1v) is 18.3. The molecule has 0 bridgehead atoms. The van der Waals surface area contributed by atoms with Crippen molar-refractivity contribution in [2.45, 2.75) is 45.3 Å². The largest absolute Gasteiger partial charge is 0.497 e. The van der Waals surface area contributed by atoms with Gasteiger partial charge in [-0.05, 0) is 97.2 Å². The van der Waals surface area contributed by atoms with Gasteiger partial charge in [0.05, 0.1) is 37.1 Å². The molecule has 0 aliphatic carbocycles. The number of aliphatic hydroxyl groups is 1. The molecule has 1 fully saturated rings. The van der Waals surface area contributed by atoms with Gasteiger partial charge in [-0.25, -0.2) is 4.79 Å². The number of aryl methyl sites for hydroxylation is 1. The van der Waals surface area contributed by atoms with E-state index in [9.17, 15) is 19.5 Å². The van der Waals surface area contributed by atoms with E-state index in [0.29, 0.717) is 42.6 Å². The highest BCUT2D eigenvalue weighted by molar-refractivity contribution is 7.99. The minimum Gasteiger partial charge on any atom is -0.497 e. The van der Waals surface area contributed by atoms with Crippen molar-refractivity contribution in [3.8, 4) is 11.5 Å². The second-order valence-corrected chi connectivity index (χ2v) is 14.1. The van der Waals surface area contributed by atoms with Crippen LogP contribution in [0.4, 0.5) is 0 Å². The number of halogens is 1. The molecule has 12 heteroatoms. The van der Waals surface area contributed by atoms with Crippen molar-refractivity contribution in [1.82, 2.24) is 15.2 Å². The number of aromatic nitrogens is 1. The Kier molecular flexibility index (Phi) is 13.2. The Balaban J connectivity index is 1.13. The number of aromatic amines is 1. The van der Waals surface area contributed by atoms with Gasteiger partial charge in [0, 0.05) is 47.8 Å². The van der Waals surface area contributed by atoms with E-state index in [1.807, 2.05) is 50.2 Å². The van der Waals surface area contributed by atoms with Crippen LogP contribution in [0, 0.1) is 12.8 Å². The van der Waals surface area contributed by atoms with Crippen molar-refractivity contribution in [2.75, 3.05) is 44.9 Å². The smallest absolute Gasteiger partial charge is 0.345 e. The van der Waals surface area contributed by atoms with E-state index in [-0.39, 0.29) is 29.2 Å². The van der Waals surface area contributed by atoms with Crippen LogP contribution in [0.1, 0.15) is 52.9 Å². The number of fused-ring (bicyclic) bond motifs is 1. The van der Waals surface area contributed by atoms with Gasteiger partial charge in [-0.15, -0.1) is 0 Å². The van der Waals surface area contributed by atoms with Gasteiger partial charge in [0.25, 0.3) is 0 Å². The minimum atomic E-state index is -0.791. The molecule has 266 valence electrons. The number of nitrogens with zero attached hydrogens (tertiary/aromatic N) is 1. The normalized spacial score (nSPS) is 15.8. The number of rotatable bonds is 16.